The molecule has 29 heavy (non-hydrogen) atoms. The minimum absolute atomic E-state index is 0.0173. The van der Waals surface area contributed by atoms with Crippen molar-refractivity contribution in [1.29, 1.82) is 0 Å². The molecule has 0 unspecified atom stereocenters. The van der Waals surface area contributed by atoms with Crippen LogP contribution in [0.15, 0.2) is 42.6 Å². The van der Waals surface area contributed by atoms with Gasteiger partial charge in [-0.15, -0.1) is 0 Å². The van der Waals surface area contributed by atoms with Gasteiger partial charge in [-0.25, -0.2) is 4.98 Å². The summed E-state index contributed by atoms with van der Waals surface area (Å²) in [6.45, 7) is 8.37. The van der Waals surface area contributed by atoms with Gasteiger partial charge in [-0.1, -0.05) is 32.9 Å². The van der Waals surface area contributed by atoms with Gasteiger partial charge in [-0.3, -0.25) is 0 Å². The van der Waals surface area contributed by atoms with Crippen molar-refractivity contribution in [2.45, 2.75) is 32.4 Å². The van der Waals surface area contributed by atoms with Crippen molar-refractivity contribution in [2.75, 3.05) is 36.4 Å². The number of alkyl halides is 3. The second kappa shape index (κ2) is 8.18. The van der Waals surface area contributed by atoms with Gasteiger partial charge >= 0.3 is 6.18 Å². The van der Waals surface area contributed by atoms with Crippen LogP contribution < -0.4 is 10.2 Å². The lowest BCUT2D eigenvalue weighted by Gasteiger charge is -2.37. The number of pyridine rings is 1. The van der Waals surface area contributed by atoms with E-state index in [1.54, 1.807) is 4.90 Å². The van der Waals surface area contributed by atoms with Gasteiger partial charge in [-0.2, -0.15) is 13.2 Å². The number of benzene rings is 1. The Labute approximate surface area is 174 Å². The number of piperazine rings is 1. The van der Waals surface area contributed by atoms with Gasteiger partial charge in [0.2, 0.25) is 0 Å². The first-order valence-corrected chi connectivity index (χ1v) is 9.90. The lowest BCUT2D eigenvalue weighted by Crippen LogP contribution is -2.50. The zero-order chi connectivity index (χ0) is 21.2. The van der Waals surface area contributed by atoms with Gasteiger partial charge in [0.15, 0.2) is 5.11 Å². The van der Waals surface area contributed by atoms with Crippen molar-refractivity contribution in [3.8, 4) is 0 Å². The Bertz CT molecular complexity index is 851. The number of anilines is 2. The average Bonchev–Trinajstić information content (AvgIpc) is 2.67. The number of nitrogens with one attached hydrogen (secondary N) is 1. The van der Waals surface area contributed by atoms with Crippen molar-refractivity contribution < 1.29 is 13.2 Å². The van der Waals surface area contributed by atoms with Crippen LogP contribution >= 0.6 is 12.2 Å². The Balaban J connectivity index is 1.61. The molecule has 1 N–H and O–H groups in total. The molecule has 0 saturated carbocycles. The molecule has 1 aromatic carbocycles. The number of hydrogen-bond donors (Lipinski definition) is 1. The Kier molecular flexibility index (Phi) is 6.03. The summed E-state index contributed by atoms with van der Waals surface area (Å²) >= 11 is 5.50. The number of aromatic nitrogens is 1. The fourth-order valence-electron chi connectivity index (χ4n) is 3.25. The lowest BCUT2D eigenvalue weighted by atomic mass is 9.87. The highest BCUT2D eigenvalue weighted by molar-refractivity contribution is 7.80. The van der Waals surface area contributed by atoms with E-state index in [1.165, 1.54) is 17.8 Å². The molecule has 1 aliphatic heterocycles. The van der Waals surface area contributed by atoms with E-state index in [0.29, 0.717) is 31.3 Å². The van der Waals surface area contributed by atoms with Gasteiger partial charge in [0.1, 0.15) is 5.82 Å². The fourth-order valence-corrected chi connectivity index (χ4v) is 3.55. The molecule has 0 radical (unpaired) electrons. The summed E-state index contributed by atoms with van der Waals surface area (Å²) in [5.41, 5.74) is 1.51. The van der Waals surface area contributed by atoms with Crippen LogP contribution in [0.3, 0.4) is 0 Å². The molecule has 0 bridgehead atoms. The molecule has 4 nitrogen and oxygen atoms in total. The number of rotatable bonds is 2. The lowest BCUT2D eigenvalue weighted by molar-refractivity contribution is -0.137. The van der Waals surface area contributed by atoms with Crippen LogP contribution in [0, 0.1) is 0 Å². The van der Waals surface area contributed by atoms with Crippen molar-refractivity contribution in [3.63, 3.8) is 0 Å². The van der Waals surface area contributed by atoms with E-state index in [-0.39, 0.29) is 11.2 Å². The molecule has 1 aliphatic rings. The van der Waals surface area contributed by atoms with E-state index >= 15 is 0 Å². The third-order valence-electron chi connectivity index (χ3n) is 4.96. The predicted molar refractivity (Wildman–Crippen MR) is 114 cm³/mol. The SMILES string of the molecule is CC(C)(C)c1ccc(NC(=S)N2CCN(c3ncccc3C(F)(F)F)CC2)cc1. The first-order chi connectivity index (χ1) is 13.6. The van der Waals surface area contributed by atoms with Crippen LogP contribution in [0.4, 0.5) is 24.7 Å². The Hall–Kier alpha value is -2.35. The number of nitrogens with zero attached hydrogens (tertiary/aromatic N) is 3. The zero-order valence-corrected chi connectivity index (χ0v) is 17.6. The van der Waals surface area contributed by atoms with Crippen LogP contribution in [0.5, 0.6) is 0 Å². The second-order valence-corrected chi connectivity index (χ2v) is 8.49. The molecule has 2 aromatic rings. The smallest absolute Gasteiger partial charge is 0.353 e. The van der Waals surface area contributed by atoms with Crippen LogP contribution in [-0.2, 0) is 11.6 Å². The van der Waals surface area contributed by atoms with E-state index in [2.05, 4.69) is 43.2 Å². The highest BCUT2D eigenvalue weighted by atomic mass is 32.1. The van der Waals surface area contributed by atoms with Gasteiger partial charge in [0.05, 0.1) is 5.56 Å². The third-order valence-corrected chi connectivity index (χ3v) is 5.32. The van der Waals surface area contributed by atoms with Crippen LogP contribution in [0.2, 0.25) is 0 Å². The molecular weight excluding hydrogens is 397 g/mol. The first kappa shape index (κ1) is 21.4. The minimum atomic E-state index is -4.42. The largest absolute Gasteiger partial charge is 0.419 e. The molecule has 2 heterocycles. The summed E-state index contributed by atoms with van der Waals surface area (Å²) in [6.07, 6.45) is -3.03. The van der Waals surface area contributed by atoms with Crippen molar-refractivity contribution in [1.82, 2.24) is 9.88 Å². The Morgan fingerprint density at radius 3 is 2.17 bits per heavy atom. The number of halogens is 3. The average molecular weight is 423 g/mol. The summed E-state index contributed by atoms with van der Waals surface area (Å²) in [7, 11) is 0. The molecule has 0 aliphatic carbocycles. The monoisotopic (exact) mass is 422 g/mol. The van der Waals surface area contributed by atoms with Crippen molar-refractivity contribution in [3.05, 3.63) is 53.7 Å². The first-order valence-electron chi connectivity index (χ1n) is 9.49. The predicted octanol–water partition coefficient (Wildman–Crippen LogP) is 4.92. The van der Waals surface area contributed by atoms with Crippen LogP contribution in [0.25, 0.3) is 0 Å². The maximum atomic E-state index is 13.2. The standard InChI is InChI=1S/C21H25F3N4S/c1-20(2,3)15-6-8-16(9-7-15)26-19(29)28-13-11-27(12-14-28)18-17(21(22,23)24)5-4-10-25-18/h4-10H,11-14H2,1-3H3,(H,26,29). The van der Waals surface area contributed by atoms with E-state index in [0.717, 1.165) is 11.8 Å². The minimum Gasteiger partial charge on any atom is -0.353 e. The fraction of sp³-hybridized carbons (Fsp3) is 0.429. The molecule has 1 saturated heterocycles. The summed E-state index contributed by atoms with van der Waals surface area (Å²) in [6, 6.07) is 10.5. The maximum absolute atomic E-state index is 13.2. The summed E-state index contributed by atoms with van der Waals surface area (Å²) in [4.78, 5) is 7.61. The van der Waals surface area contributed by atoms with Crippen LogP contribution in [0.1, 0.15) is 31.9 Å². The van der Waals surface area contributed by atoms with E-state index < -0.39 is 11.7 Å². The van der Waals surface area contributed by atoms with E-state index in [4.69, 9.17) is 12.2 Å². The second-order valence-electron chi connectivity index (χ2n) is 8.10. The molecule has 1 fully saturated rings. The molecule has 8 heteroatoms. The molecular formula is C21H25F3N4S. The Morgan fingerprint density at radius 1 is 1.00 bits per heavy atom. The van der Waals surface area contributed by atoms with Crippen molar-refractivity contribution >= 4 is 28.8 Å². The van der Waals surface area contributed by atoms with E-state index in [9.17, 15) is 13.2 Å². The molecule has 156 valence electrons. The molecule has 1 aromatic heterocycles. The normalized spacial score (nSPS) is 15.4. The van der Waals surface area contributed by atoms with Crippen LogP contribution in [-0.4, -0.2) is 41.2 Å². The molecule has 0 amide bonds. The summed E-state index contributed by atoms with van der Waals surface area (Å²) in [5.74, 6) is -0.0173. The Morgan fingerprint density at radius 2 is 1.62 bits per heavy atom. The number of thiocarbonyl (C=S) groups is 1. The van der Waals surface area contributed by atoms with Gasteiger partial charge in [0.25, 0.3) is 0 Å². The van der Waals surface area contributed by atoms with Gasteiger partial charge in [-0.05, 0) is 47.5 Å². The molecule has 0 atom stereocenters. The van der Waals surface area contributed by atoms with Crippen molar-refractivity contribution in [2.24, 2.45) is 0 Å². The van der Waals surface area contributed by atoms with Gasteiger partial charge < -0.3 is 15.1 Å². The summed E-state index contributed by atoms with van der Waals surface area (Å²) < 4.78 is 39.7. The molecule has 3 rings (SSSR count). The maximum Gasteiger partial charge on any atom is 0.419 e. The topological polar surface area (TPSA) is 31.4 Å². The van der Waals surface area contributed by atoms with Gasteiger partial charge in [0, 0.05) is 38.1 Å². The molecule has 0 spiro atoms. The summed E-state index contributed by atoms with van der Waals surface area (Å²) in [5, 5.41) is 3.80. The number of hydrogen-bond acceptors (Lipinski definition) is 3. The van der Waals surface area contributed by atoms with E-state index in [1.807, 2.05) is 17.0 Å². The zero-order valence-electron chi connectivity index (χ0n) is 16.8. The highest BCUT2D eigenvalue weighted by Gasteiger charge is 2.36. The quantitative estimate of drug-likeness (QED) is 0.695. The highest BCUT2D eigenvalue weighted by Crippen LogP contribution is 2.35. The third kappa shape index (κ3) is 5.18.